The van der Waals surface area contributed by atoms with Crippen molar-refractivity contribution in [2.45, 2.75) is 25.7 Å². The zero-order valence-corrected chi connectivity index (χ0v) is 15.6. The Kier molecular flexibility index (Phi) is 5.47. The third-order valence-electron chi connectivity index (χ3n) is 4.71. The first-order valence-electron chi connectivity index (χ1n) is 8.98. The van der Waals surface area contributed by atoms with E-state index in [0.29, 0.717) is 6.42 Å². The Morgan fingerprint density at radius 3 is 2.31 bits per heavy atom. The number of rotatable bonds is 5. The van der Waals surface area contributed by atoms with Crippen molar-refractivity contribution in [1.29, 1.82) is 0 Å². The minimum atomic E-state index is -0.788. The number of carbonyl (C=O) groups excluding carboxylic acids is 1. The fraction of sp³-hybridized carbons (Fsp3) is 0.286. The molecule has 1 N–H and O–H groups in total. The van der Waals surface area contributed by atoms with Crippen LogP contribution in [-0.2, 0) is 11.2 Å². The first kappa shape index (κ1) is 18.3. The van der Waals surface area contributed by atoms with E-state index >= 15 is 0 Å². The topological polar surface area (TPSA) is 43.8 Å². The van der Waals surface area contributed by atoms with Gasteiger partial charge >= 0.3 is 7.05 Å². The van der Waals surface area contributed by atoms with E-state index in [1.165, 1.54) is 16.7 Å². The SMILES string of the molecule is CB(O)N1C(=O)C(=CN(C)C)C[C@H]1Cc1ccc(-c2ccccc2)cc1. The van der Waals surface area contributed by atoms with Gasteiger partial charge in [0.1, 0.15) is 0 Å². The molecule has 5 heteroatoms. The number of hydrogen-bond donors (Lipinski definition) is 1. The molecule has 1 heterocycles. The van der Waals surface area contributed by atoms with E-state index in [1.54, 1.807) is 11.6 Å². The molecule has 4 nitrogen and oxygen atoms in total. The summed E-state index contributed by atoms with van der Waals surface area (Å²) in [5.41, 5.74) is 4.29. The predicted molar refractivity (Wildman–Crippen MR) is 106 cm³/mol. The van der Waals surface area contributed by atoms with Crippen LogP contribution in [0.15, 0.2) is 66.4 Å². The molecule has 0 unspecified atom stereocenters. The fourth-order valence-electron chi connectivity index (χ4n) is 3.57. The minimum Gasteiger partial charge on any atom is -0.432 e. The van der Waals surface area contributed by atoms with Gasteiger partial charge in [0.25, 0.3) is 0 Å². The normalized spacial score (nSPS) is 18.5. The van der Waals surface area contributed by atoms with Crippen molar-refractivity contribution < 1.29 is 9.82 Å². The molecule has 1 aliphatic heterocycles. The first-order chi connectivity index (χ1) is 12.5. The molecular weight excluding hydrogens is 323 g/mol. The van der Waals surface area contributed by atoms with E-state index < -0.39 is 7.05 Å². The van der Waals surface area contributed by atoms with Crippen molar-refractivity contribution >= 4 is 13.0 Å². The van der Waals surface area contributed by atoms with Gasteiger partial charge in [0.15, 0.2) is 0 Å². The van der Waals surface area contributed by atoms with Crippen molar-refractivity contribution in [1.82, 2.24) is 9.71 Å². The van der Waals surface area contributed by atoms with Gasteiger partial charge in [-0.25, -0.2) is 0 Å². The Labute approximate surface area is 155 Å². The van der Waals surface area contributed by atoms with Crippen LogP contribution in [0.4, 0.5) is 0 Å². The third-order valence-corrected chi connectivity index (χ3v) is 4.71. The maximum atomic E-state index is 12.6. The van der Waals surface area contributed by atoms with Gasteiger partial charge < -0.3 is 14.7 Å². The zero-order chi connectivity index (χ0) is 18.7. The Morgan fingerprint density at radius 2 is 1.73 bits per heavy atom. The molecule has 1 fully saturated rings. The van der Waals surface area contributed by atoms with Gasteiger partial charge in [0, 0.05) is 31.9 Å². The van der Waals surface area contributed by atoms with Gasteiger partial charge in [-0.2, -0.15) is 0 Å². The zero-order valence-electron chi connectivity index (χ0n) is 15.6. The van der Waals surface area contributed by atoms with Crippen LogP contribution in [0, 0.1) is 0 Å². The number of benzene rings is 2. The molecule has 0 aromatic heterocycles. The molecule has 0 spiro atoms. The van der Waals surface area contributed by atoms with E-state index in [1.807, 2.05) is 43.4 Å². The van der Waals surface area contributed by atoms with Gasteiger partial charge in [0.2, 0.25) is 5.91 Å². The second-order valence-electron chi connectivity index (χ2n) is 7.09. The van der Waals surface area contributed by atoms with Crippen LogP contribution in [0.1, 0.15) is 12.0 Å². The third kappa shape index (κ3) is 3.99. The average molecular weight is 348 g/mol. The number of hydrogen-bond acceptors (Lipinski definition) is 3. The Morgan fingerprint density at radius 1 is 1.12 bits per heavy atom. The maximum Gasteiger partial charge on any atom is 0.412 e. The number of carbonyl (C=O) groups is 1. The summed E-state index contributed by atoms with van der Waals surface area (Å²) in [6.07, 6.45) is 3.25. The highest BCUT2D eigenvalue weighted by Gasteiger charge is 2.39. The molecule has 26 heavy (non-hydrogen) atoms. The number of nitrogens with zero attached hydrogens (tertiary/aromatic N) is 2. The highest BCUT2D eigenvalue weighted by Crippen LogP contribution is 2.28. The minimum absolute atomic E-state index is 0.0173. The summed E-state index contributed by atoms with van der Waals surface area (Å²) in [5, 5.41) is 10.1. The van der Waals surface area contributed by atoms with E-state index in [4.69, 9.17) is 0 Å². The lowest BCUT2D eigenvalue weighted by Crippen LogP contribution is -2.44. The summed E-state index contributed by atoms with van der Waals surface area (Å²) in [7, 11) is 3.02. The van der Waals surface area contributed by atoms with Crippen molar-refractivity contribution in [3.63, 3.8) is 0 Å². The summed E-state index contributed by atoms with van der Waals surface area (Å²) < 4.78 is 0. The molecule has 2 aromatic rings. The maximum absolute atomic E-state index is 12.6. The fourth-order valence-corrected chi connectivity index (χ4v) is 3.57. The number of amides is 1. The van der Waals surface area contributed by atoms with Gasteiger partial charge in [-0.15, -0.1) is 0 Å². The van der Waals surface area contributed by atoms with E-state index in [2.05, 4.69) is 36.4 Å². The largest absolute Gasteiger partial charge is 0.432 e. The molecule has 1 aliphatic rings. The summed E-state index contributed by atoms with van der Waals surface area (Å²) in [4.78, 5) is 16.1. The Bertz CT molecular complexity index is 785. The van der Waals surface area contributed by atoms with Crippen LogP contribution < -0.4 is 0 Å². The lowest BCUT2D eigenvalue weighted by Gasteiger charge is -2.25. The van der Waals surface area contributed by atoms with E-state index in [-0.39, 0.29) is 11.9 Å². The van der Waals surface area contributed by atoms with E-state index in [9.17, 15) is 9.82 Å². The molecule has 1 saturated heterocycles. The molecule has 3 rings (SSSR count). The molecule has 2 aromatic carbocycles. The molecule has 0 bridgehead atoms. The van der Waals surface area contributed by atoms with Crippen LogP contribution in [-0.4, -0.2) is 47.8 Å². The van der Waals surface area contributed by atoms with Crippen LogP contribution >= 0.6 is 0 Å². The summed E-state index contributed by atoms with van der Waals surface area (Å²) in [6.45, 7) is 1.65. The first-order valence-corrected chi connectivity index (χ1v) is 8.98. The second-order valence-corrected chi connectivity index (χ2v) is 7.09. The summed E-state index contributed by atoms with van der Waals surface area (Å²) in [5.74, 6) is -0.0698. The summed E-state index contributed by atoms with van der Waals surface area (Å²) >= 11 is 0. The lowest BCUT2D eigenvalue weighted by atomic mass is 9.83. The van der Waals surface area contributed by atoms with Gasteiger partial charge in [-0.05, 0) is 36.4 Å². The predicted octanol–water partition coefficient (Wildman–Crippen LogP) is 3.05. The highest BCUT2D eigenvalue weighted by atomic mass is 16.2. The van der Waals surface area contributed by atoms with Crippen molar-refractivity contribution in [2.24, 2.45) is 0 Å². The molecule has 134 valence electrons. The second kappa shape index (κ2) is 7.79. The smallest absolute Gasteiger partial charge is 0.412 e. The van der Waals surface area contributed by atoms with Crippen molar-refractivity contribution in [2.75, 3.05) is 14.1 Å². The molecule has 0 radical (unpaired) electrons. The van der Waals surface area contributed by atoms with Crippen LogP contribution in [0.3, 0.4) is 0 Å². The van der Waals surface area contributed by atoms with Crippen LogP contribution in [0.2, 0.25) is 6.82 Å². The quantitative estimate of drug-likeness (QED) is 0.667. The van der Waals surface area contributed by atoms with E-state index in [0.717, 1.165) is 12.0 Å². The monoisotopic (exact) mass is 348 g/mol. The highest BCUT2D eigenvalue weighted by molar-refractivity contribution is 6.50. The molecular formula is C21H25BN2O2. The Balaban J connectivity index is 1.78. The van der Waals surface area contributed by atoms with Gasteiger partial charge in [-0.1, -0.05) is 54.6 Å². The summed E-state index contributed by atoms with van der Waals surface area (Å²) in [6, 6.07) is 18.7. The van der Waals surface area contributed by atoms with Gasteiger partial charge in [-0.3, -0.25) is 4.79 Å². The average Bonchev–Trinajstić information content (AvgIpc) is 2.91. The molecule has 1 atom stereocenters. The van der Waals surface area contributed by atoms with Crippen molar-refractivity contribution in [3.8, 4) is 11.1 Å². The standard InChI is InChI=1S/C21H25BN2O2/c1-22(26)24-20(14-19(21(24)25)15-23(2)3)13-16-9-11-18(12-10-16)17-7-5-4-6-8-17/h4-12,15,20,26H,13-14H2,1-3H3/t20-/m1/s1. The molecule has 0 saturated carbocycles. The van der Waals surface area contributed by atoms with Crippen LogP contribution in [0.5, 0.6) is 0 Å². The molecule has 0 aliphatic carbocycles. The van der Waals surface area contributed by atoms with Crippen molar-refractivity contribution in [3.05, 3.63) is 71.9 Å². The lowest BCUT2D eigenvalue weighted by molar-refractivity contribution is -0.122. The van der Waals surface area contributed by atoms with Crippen LogP contribution in [0.25, 0.3) is 11.1 Å². The molecule has 1 amide bonds. The Hall–Kier alpha value is -2.53. The van der Waals surface area contributed by atoms with Gasteiger partial charge in [0.05, 0.1) is 0 Å².